The molecule has 2 aromatic carbocycles. The van der Waals surface area contributed by atoms with Gasteiger partial charge in [0.2, 0.25) is 5.91 Å². The van der Waals surface area contributed by atoms with Crippen molar-refractivity contribution < 1.29 is 9.59 Å². The Kier molecular flexibility index (Phi) is 5.55. The molecule has 0 bridgehead atoms. The number of carbonyl (C=O) groups is 2. The number of para-hydroxylation sites is 1. The Morgan fingerprint density at radius 1 is 0.970 bits per heavy atom. The summed E-state index contributed by atoms with van der Waals surface area (Å²) >= 11 is 0. The van der Waals surface area contributed by atoms with E-state index in [2.05, 4.69) is 6.58 Å². The number of carbonyl (C=O) groups excluding carboxylic acids is 2. The molecular formula is C28H26N2O3. The standard InChI is InChI=1S/C28H26N2O3/c1-2-15-29-23-12-7-6-11-20(23)16-22(28(29)33)21-17-26(32)30(18-19-9-4-3-5-10-19)24-13-8-14-25(31)27(21)24/h2-7,9-12,16,21H,1,8,13-15,17-18H2. The van der Waals surface area contributed by atoms with Gasteiger partial charge in [-0.25, -0.2) is 0 Å². The van der Waals surface area contributed by atoms with Gasteiger partial charge in [0.1, 0.15) is 0 Å². The van der Waals surface area contributed by atoms with Crippen molar-refractivity contribution in [3.05, 3.63) is 106 Å². The first-order valence-corrected chi connectivity index (χ1v) is 11.4. The van der Waals surface area contributed by atoms with Crippen molar-refractivity contribution in [2.24, 2.45) is 0 Å². The molecule has 1 atom stereocenters. The van der Waals surface area contributed by atoms with Gasteiger partial charge in [0.25, 0.3) is 5.56 Å². The Bertz CT molecular complexity index is 1350. The molecule has 5 nitrogen and oxygen atoms in total. The molecule has 0 N–H and O–H groups in total. The lowest BCUT2D eigenvalue weighted by molar-refractivity contribution is -0.131. The third-order valence-corrected chi connectivity index (χ3v) is 6.68. The van der Waals surface area contributed by atoms with Crippen LogP contribution in [-0.4, -0.2) is 21.2 Å². The first kappa shape index (κ1) is 21.1. The van der Waals surface area contributed by atoms with Gasteiger partial charge in [-0.15, -0.1) is 6.58 Å². The molecule has 0 fully saturated rings. The van der Waals surface area contributed by atoms with Crippen LogP contribution in [0.1, 0.15) is 42.7 Å². The van der Waals surface area contributed by atoms with Crippen LogP contribution in [0, 0.1) is 0 Å². The Balaban J connectivity index is 1.67. The summed E-state index contributed by atoms with van der Waals surface area (Å²) in [6.07, 6.45) is 3.67. The quantitative estimate of drug-likeness (QED) is 0.542. The second-order valence-corrected chi connectivity index (χ2v) is 8.72. The zero-order valence-electron chi connectivity index (χ0n) is 18.5. The Hall–Kier alpha value is -3.73. The van der Waals surface area contributed by atoms with Gasteiger partial charge in [-0.3, -0.25) is 14.4 Å². The van der Waals surface area contributed by atoms with Gasteiger partial charge in [0.15, 0.2) is 5.78 Å². The van der Waals surface area contributed by atoms with Gasteiger partial charge in [-0.2, -0.15) is 0 Å². The Morgan fingerprint density at radius 3 is 2.52 bits per heavy atom. The number of fused-ring (bicyclic) bond motifs is 1. The molecular weight excluding hydrogens is 412 g/mol. The molecule has 33 heavy (non-hydrogen) atoms. The summed E-state index contributed by atoms with van der Waals surface area (Å²) in [5.41, 5.74) is 3.64. The van der Waals surface area contributed by atoms with Crippen LogP contribution in [0.3, 0.4) is 0 Å². The minimum atomic E-state index is -0.513. The van der Waals surface area contributed by atoms with Gasteiger partial charge in [-0.05, 0) is 35.9 Å². The third kappa shape index (κ3) is 3.74. The van der Waals surface area contributed by atoms with E-state index in [1.807, 2.05) is 60.7 Å². The lowest BCUT2D eigenvalue weighted by Gasteiger charge is -2.38. The molecule has 3 aromatic rings. The van der Waals surface area contributed by atoms with Crippen LogP contribution in [0.5, 0.6) is 0 Å². The number of nitrogens with zero attached hydrogens (tertiary/aromatic N) is 2. The van der Waals surface area contributed by atoms with Gasteiger partial charge in [-0.1, -0.05) is 54.6 Å². The van der Waals surface area contributed by atoms with Crippen LogP contribution < -0.4 is 5.56 Å². The van der Waals surface area contributed by atoms with Gasteiger partial charge < -0.3 is 9.47 Å². The maximum absolute atomic E-state index is 13.6. The Morgan fingerprint density at radius 2 is 1.73 bits per heavy atom. The van der Waals surface area contributed by atoms with E-state index in [9.17, 15) is 14.4 Å². The van der Waals surface area contributed by atoms with E-state index < -0.39 is 5.92 Å². The summed E-state index contributed by atoms with van der Waals surface area (Å²) in [6, 6.07) is 19.4. The van der Waals surface area contributed by atoms with Crippen molar-refractivity contribution in [2.45, 2.75) is 44.7 Å². The van der Waals surface area contributed by atoms with E-state index in [1.165, 1.54) is 0 Å². The van der Waals surface area contributed by atoms with E-state index in [0.29, 0.717) is 37.1 Å². The molecule has 0 saturated carbocycles. The number of hydrogen-bond donors (Lipinski definition) is 0. The van der Waals surface area contributed by atoms with Crippen molar-refractivity contribution in [1.29, 1.82) is 0 Å². The van der Waals surface area contributed by atoms with Crippen LogP contribution in [0.4, 0.5) is 0 Å². The normalized spacial score (nSPS) is 18.5. The maximum atomic E-state index is 13.6. The third-order valence-electron chi connectivity index (χ3n) is 6.68. The molecule has 1 unspecified atom stereocenters. The summed E-state index contributed by atoms with van der Waals surface area (Å²) in [5.74, 6) is -0.504. The van der Waals surface area contributed by atoms with Gasteiger partial charge in [0.05, 0.1) is 12.1 Å². The van der Waals surface area contributed by atoms with Gasteiger partial charge in [0, 0.05) is 42.1 Å². The second-order valence-electron chi connectivity index (χ2n) is 8.72. The zero-order chi connectivity index (χ0) is 22.9. The first-order valence-electron chi connectivity index (χ1n) is 11.4. The number of ketones is 1. The smallest absolute Gasteiger partial charge is 0.255 e. The number of aromatic nitrogens is 1. The van der Waals surface area contributed by atoms with E-state index in [0.717, 1.165) is 28.6 Å². The summed E-state index contributed by atoms with van der Waals surface area (Å²) < 4.78 is 1.69. The van der Waals surface area contributed by atoms with Crippen molar-refractivity contribution in [1.82, 2.24) is 9.47 Å². The highest BCUT2D eigenvalue weighted by Gasteiger charge is 2.40. The minimum absolute atomic E-state index is 0.0415. The molecule has 1 aliphatic carbocycles. The van der Waals surface area contributed by atoms with E-state index in [-0.39, 0.29) is 23.7 Å². The van der Waals surface area contributed by atoms with Crippen molar-refractivity contribution in [3.63, 3.8) is 0 Å². The average Bonchev–Trinajstić information content (AvgIpc) is 2.83. The molecule has 166 valence electrons. The summed E-state index contributed by atoms with van der Waals surface area (Å²) in [7, 11) is 0. The fourth-order valence-electron chi connectivity index (χ4n) is 5.18. The van der Waals surface area contributed by atoms with Crippen LogP contribution in [-0.2, 0) is 22.7 Å². The zero-order valence-corrected chi connectivity index (χ0v) is 18.5. The van der Waals surface area contributed by atoms with Crippen LogP contribution >= 0.6 is 0 Å². The average molecular weight is 439 g/mol. The number of allylic oxidation sites excluding steroid dienone is 3. The monoisotopic (exact) mass is 438 g/mol. The van der Waals surface area contributed by atoms with E-state index in [4.69, 9.17) is 0 Å². The summed E-state index contributed by atoms with van der Waals surface area (Å²) in [4.78, 5) is 41.9. The minimum Gasteiger partial charge on any atom is -0.311 e. The van der Waals surface area contributed by atoms with E-state index >= 15 is 0 Å². The number of pyridine rings is 1. The number of hydrogen-bond acceptors (Lipinski definition) is 3. The highest BCUT2D eigenvalue weighted by atomic mass is 16.2. The Labute approximate surface area is 192 Å². The lowest BCUT2D eigenvalue weighted by atomic mass is 9.77. The number of rotatable bonds is 5. The molecule has 0 saturated heterocycles. The maximum Gasteiger partial charge on any atom is 0.255 e. The molecule has 5 rings (SSSR count). The largest absolute Gasteiger partial charge is 0.311 e. The number of amides is 1. The molecule has 1 amide bonds. The van der Waals surface area contributed by atoms with Crippen molar-refractivity contribution >= 4 is 22.6 Å². The highest BCUT2D eigenvalue weighted by molar-refractivity contribution is 6.01. The van der Waals surface area contributed by atoms with Gasteiger partial charge >= 0.3 is 0 Å². The fraction of sp³-hybridized carbons (Fsp3) is 0.250. The molecule has 2 heterocycles. The molecule has 5 heteroatoms. The van der Waals surface area contributed by atoms with Crippen molar-refractivity contribution in [3.8, 4) is 0 Å². The lowest BCUT2D eigenvalue weighted by Crippen LogP contribution is -2.41. The fourth-order valence-corrected chi connectivity index (χ4v) is 5.18. The SMILES string of the molecule is C=CCn1c(=O)c(C2CC(=O)N(Cc3ccccc3)C3=C2C(=O)CCC3)cc2ccccc21. The number of benzene rings is 2. The van der Waals surface area contributed by atoms with Crippen molar-refractivity contribution in [2.75, 3.05) is 0 Å². The predicted octanol–water partition coefficient (Wildman–Crippen LogP) is 4.71. The molecule has 1 aromatic heterocycles. The first-order chi connectivity index (χ1) is 16.1. The molecule has 0 spiro atoms. The summed E-state index contributed by atoms with van der Waals surface area (Å²) in [5, 5.41) is 0.915. The molecule has 1 aliphatic heterocycles. The van der Waals surface area contributed by atoms with Crippen LogP contribution in [0.2, 0.25) is 0 Å². The number of Topliss-reactive ketones (excluding diaryl/α,β-unsaturated/α-hetero) is 1. The van der Waals surface area contributed by atoms with E-state index in [1.54, 1.807) is 15.5 Å². The highest BCUT2D eigenvalue weighted by Crippen LogP contribution is 2.41. The van der Waals surface area contributed by atoms with Crippen LogP contribution in [0.15, 0.2) is 89.4 Å². The van der Waals surface area contributed by atoms with Crippen LogP contribution in [0.25, 0.3) is 10.9 Å². The topological polar surface area (TPSA) is 59.4 Å². The predicted molar refractivity (Wildman–Crippen MR) is 129 cm³/mol. The second kappa shape index (κ2) is 8.66. The molecule has 0 radical (unpaired) electrons. The molecule has 2 aliphatic rings. The summed E-state index contributed by atoms with van der Waals surface area (Å²) in [6.45, 7) is 4.61.